The van der Waals surface area contributed by atoms with Gasteiger partial charge in [-0.15, -0.1) is 12.4 Å². The van der Waals surface area contributed by atoms with Crippen molar-refractivity contribution in [1.29, 1.82) is 0 Å². The number of ether oxygens (including phenoxy) is 2. The first-order valence-electron chi connectivity index (χ1n) is 10.1. The van der Waals surface area contributed by atoms with E-state index in [4.69, 9.17) is 9.47 Å². The van der Waals surface area contributed by atoms with Crippen LogP contribution in [0.15, 0.2) is 36.4 Å². The van der Waals surface area contributed by atoms with Crippen LogP contribution in [0.3, 0.4) is 0 Å². The summed E-state index contributed by atoms with van der Waals surface area (Å²) in [5.41, 5.74) is 3.52. The summed E-state index contributed by atoms with van der Waals surface area (Å²) >= 11 is 0. The highest BCUT2D eigenvalue weighted by Gasteiger charge is 2.43. The number of hydrogen-bond acceptors (Lipinski definition) is 3. The van der Waals surface area contributed by atoms with Crippen molar-refractivity contribution in [1.82, 2.24) is 4.90 Å². The first kappa shape index (κ1) is 19.5. The van der Waals surface area contributed by atoms with E-state index in [-0.39, 0.29) is 29.7 Å². The average Bonchev–Trinajstić information content (AvgIpc) is 3.19. The van der Waals surface area contributed by atoms with Crippen LogP contribution in [0.25, 0.3) is 0 Å². The van der Waals surface area contributed by atoms with Crippen LogP contribution in [-0.4, -0.2) is 31.2 Å². The molecule has 2 unspecified atom stereocenters. The minimum absolute atomic E-state index is 0. The minimum atomic E-state index is -0.0711. The van der Waals surface area contributed by atoms with Crippen molar-refractivity contribution in [2.24, 2.45) is 0 Å². The fraction of sp³-hybridized carbons (Fsp3) is 0.478. The van der Waals surface area contributed by atoms with Crippen molar-refractivity contribution in [3.05, 3.63) is 58.9 Å². The zero-order valence-electron chi connectivity index (χ0n) is 16.2. The molecular formula is C23H27ClFNO2. The molecule has 3 nitrogen and oxygen atoms in total. The molecule has 0 N–H and O–H groups in total. The number of rotatable bonds is 2. The monoisotopic (exact) mass is 403 g/mol. The van der Waals surface area contributed by atoms with Gasteiger partial charge in [-0.25, -0.2) is 4.39 Å². The molecule has 2 heterocycles. The Morgan fingerprint density at radius 3 is 2.79 bits per heavy atom. The van der Waals surface area contributed by atoms with Gasteiger partial charge in [0.1, 0.15) is 19.0 Å². The van der Waals surface area contributed by atoms with Crippen molar-refractivity contribution in [2.45, 2.75) is 44.1 Å². The van der Waals surface area contributed by atoms with Gasteiger partial charge < -0.3 is 9.47 Å². The van der Waals surface area contributed by atoms with Crippen LogP contribution in [0.4, 0.5) is 4.39 Å². The highest BCUT2D eigenvalue weighted by Crippen LogP contribution is 2.49. The zero-order chi connectivity index (χ0) is 18.4. The largest absolute Gasteiger partial charge is 0.486 e. The van der Waals surface area contributed by atoms with E-state index in [1.807, 2.05) is 12.1 Å². The molecule has 1 aliphatic carbocycles. The maximum absolute atomic E-state index is 14.3. The standard InChI is InChI=1S/C23H26FNO2.ClH/c1-23(25-12-10-16(15-25)17-5-2-3-7-20(17)24)11-4-6-18-19(23)8-9-21-22(18)27-14-13-26-21;/h2-3,5,7-9,16H,4,6,10-15H2,1H3;1H. The molecule has 28 heavy (non-hydrogen) atoms. The summed E-state index contributed by atoms with van der Waals surface area (Å²) in [6.07, 6.45) is 4.33. The lowest BCUT2D eigenvalue weighted by atomic mass is 9.76. The Labute approximate surface area is 172 Å². The van der Waals surface area contributed by atoms with Crippen molar-refractivity contribution in [2.75, 3.05) is 26.3 Å². The molecule has 1 saturated heterocycles. The SMILES string of the molecule is CC1(N2CCC(c3ccccc3F)C2)CCCc2c1ccc1c2OCCO1.Cl. The molecule has 0 spiro atoms. The van der Waals surface area contributed by atoms with Gasteiger partial charge >= 0.3 is 0 Å². The third-order valence-corrected chi connectivity index (χ3v) is 6.71. The van der Waals surface area contributed by atoms with E-state index in [0.29, 0.717) is 13.2 Å². The maximum atomic E-state index is 14.3. The predicted octanol–water partition coefficient (Wildman–Crippen LogP) is 5.06. The van der Waals surface area contributed by atoms with E-state index in [0.717, 1.165) is 55.8 Å². The molecule has 2 atom stereocenters. The van der Waals surface area contributed by atoms with Crippen LogP contribution in [0.2, 0.25) is 0 Å². The Kier molecular flexibility index (Phi) is 5.28. The summed E-state index contributed by atoms with van der Waals surface area (Å²) in [6, 6.07) is 11.6. The van der Waals surface area contributed by atoms with Gasteiger partial charge in [0.05, 0.1) is 0 Å². The minimum Gasteiger partial charge on any atom is -0.486 e. The van der Waals surface area contributed by atoms with Crippen LogP contribution in [0.5, 0.6) is 11.5 Å². The van der Waals surface area contributed by atoms with Crippen LogP contribution in [0, 0.1) is 5.82 Å². The second kappa shape index (κ2) is 7.57. The Morgan fingerprint density at radius 2 is 1.93 bits per heavy atom. The molecule has 5 rings (SSSR count). The van der Waals surface area contributed by atoms with Crippen LogP contribution in [-0.2, 0) is 12.0 Å². The molecule has 0 amide bonds. The first-order chi connectivity index (χ1) is 13.2. The number of hydrogen-bond donors (Lipinski definition) is 0. The van der Waals surface area contributed by atoms with Crippen LogP contribution >= 0.6 is 12.4 Å². The number of benzene rings is 2. The molecule has 150 valence electrons. The van der Waals surface area contributed by atoms with E-state index < -0.39 is 0 Å². The first-order valence-corrected chi connectivity index (χ1v) is 10.1. The highest BCUT2D eigenvalue weighted by atomic mass is 35.5. The average molecular weight is 404 g/mol. The molecule has 1 fully saturated rings. The lowest BCUT2D eigenvalue weighted by Gasteiger charge is -2.44. The lowest BCUT2D eigenvalue weighted by Crippen LogP contribution is -2.45. The second-order valence-electron chi connectivity index (χ2n) is 8.20. The quantitative estimate of drug-likeness (QED) is 0.699. The Hall–Kier alpha value is -1.78. The summed E-state index contributed by atoms with van der Waals surface area (Å²) in [4.78, 5) is 2.57. The molecule has 0 radical (unpaired) electrons. The summed E-state index contributed by atoms with van der Waals surface area (Å²) in [6.45, 7) is 5.51. The molecule has 0 aromatic heterocycles. The van der Waals surface area contributed by atoms with E-state index in [1.54, 1.807) is 12.1 Å². The normalized spacial score (nSPS) is 26.4. The van der Waals surface area contributed by atoms with Gasteiger partial charge in [-0.05, 0) is 62.4 Å². The summed E-state index contributed by atoms with van der Waals surface area (Å²) < 4.78 is 26.1. The Balaban J connectivity index is 0.00000192. The number of likely N-dealkylation sites (tertiary alicyclic amines) is 1. The molecular weight excluding hydrogens is 377 g/mol. The maximum Gasteiger partial charge on any atom is 0.164 e. The molecule has 2 aromatic rings. The van der Waals surface area contributed by atoms with Gasteiger partial charge in [0, 0.05) is 23.6 Å². The Morgan fingerprint density at radius 1 is 1.11 bits per heavy atom. The fourth-order valence-electron chi connectivity index (χ4n) is 5.27. The van der Waals surface area contributed by atoms with Crippen molar-refractivity contribution in [3.63, 3.8) is 0 Å². The van der Waals surface area contributed by atoms with Crippen molar-refractivity contribution in [3.8, 4) is 11.5 Å². The third-order valence-electron chi connectivity index (χ3n) is 6.71. The third kappa shape index (κ3) is 3.07. The fourth-order valence-corrected chi connectivity index (χ4v) is 5.27. The highest BCUT2D eigenvalue weighted by molar-refractivity contribution is 5.85. The van der Waals surface area contributed by atoms with Crippen LogP contribution in [0.1, 0.15) is 48.8 Å². The summed E-state index contributed by atoms with van der Waals surface area (Å²) in [5, 5.41) is 0. The molecule has 0 bridgehead atoms. The van der Waals surface area contributed by atoms with Gasteiger partial charge in [0.15, 0.2) is 11.5 Å². The summed E-state index contributed by atoms with van der Waals surface area (Å²) in [7, 11) is 0. The second-order valence-corrected chi connectivity index (χ2v) is 8.20. The van der Waals surface area contributed by atoms with E-state index >= 15 is 0 Å². The summed E-state index contributed by atoms with van der Waals surface area (Å²) in [5.74, 6) is 2.04. The molecule has 0 saturated carbocycles. The Bertz CT molecular complexity index is 874. The van der Waals surface area contributed by atoms with Gasteiger partial charge in [-0.3, -0.25) is 4.90 Å². The van der Waals surface area contributed by atoms with Gasteiger partial charge in [0.25, 0.3) is 0 Å². The number of halogens is 2. The molecule has 2 aromatic carbocycles. The van der Waals surface area contributed by atoms with Gasteiger partial charge in [0.2, 0.25) is 0 Å². The number of nitrogens with zero attached hydrogens (tertiary/aromatic N) is 1. The van der Waals surface area contributed by atoms with Crippen molar-refractivity contribution < 1.29 is 13.9 Å². The number of fused-ring (bicyclic) bond motifs is 3. The lowest BCUT2D eigenvalue weighted by molar-refractivity contribution is 0.108. The zero-order valence-corrected chi connectivity index (χ0v) is 17.1. The van der Waals surface area contributed by atoms with Gasteiger partial charge in [-0.1, -0.05) is 24.3 Å². The van der Waals surface area contributed by atoms with Crippen LogP contribution < -0.4 is 9.47 Å². The molecule has 3 aliphatic rings. The van der Waals surface area contributed by atoms with E-state index in [9.17, 15) is 4.39 Å². The predicted molar refractivity (Wildman–Crippen MR) is 110 cm³/mol. The van der Waals surface area contributed by atoms with E-state index in [1.165, 1.54) is 11.1 Å². The van der Waals surface area contributed by atoms with E-state index in [2.05, 4.69) is 24.0 Å². The van der Waals surface area contributed by atoms with Gasteiger partial charge in [-0.2, -0.15) is 0 Å². The smallest absolute Gasteiger partial charge is 0.164 e. The van der Waals surface area contributed by atoms with Crippen molar-refractivity contribution >= 4 is 12.4 Å². The topological polar surface area (TPSA) is 21.7 Å². The molecule has 5 heteroatoms. The molecule has 2 aliphatic heterocycles.